The third kappa shape index (κ3) is 12.1. The number of nitrogens with zero attached hydrogens (tertiary/aromatic N) is 6. The van der Waals surface area contributed by atoms with E-state index in [2.05, 4.69) is 420 Å². The molecule has 0 N–H and O–H groups in total. The van der Waals surface area contributed by atoms with Crippen LogP contribution in [0.5, 0.6) is 34.5 Å². The van der Waals surface area contributed by atoms with Crippen molar-refractivity contribution in [3.05, 3.63) is 461 Å². The third-order valence-corrected chi connectivity index (χ3v) is 27.1. The zero-order chi connectivity index (χ0) is 88.0. The van der Waals surface area contributed by atoms with Gasteiger partial charge in [0.15, 0.2) is 34.5 Å². The summed E-state index contributed by atoms with van der Waals surface area (Å²) in [6.07, 6.45) is 0. The fraction of sp³-hybridized carbons (Fsp3) is 0. The largest absolute Gasteiger partial charge is 0.453 e. The Hall–Kier alpha value is -18.1. The van der Waals surface area contributed by atoms with Gasteiger partial charge in [-0.1, -0.05) is 382 Å². The molecule has 23 aromatic carbocycles. The third-order valence-electron chi connectivity index (χ3n) is 27.1. The predicted molar refractivity (Wildman–Crippen MR) is 552 cm³/mol. The van der Waals surface area contributed by atoms with E-state index < -0.39 is 0 Å². The lowest BCUT2D eigenvalue weighted by atomic mass is 9.84. The van der Waals surface area contributed by atoms with Crippen LogP contribution in [-0.2, 0) is 0 Å². The average Bonchev–Trinajstić information content (AvgIpc) is 1.48. The number of para-hydroxylation sites is 3. The molecule has 0 saturated heterocycles. The predicted octanol–water partition coefficient (Wildman–Crippen LogP) is 33.6. The molecule has 0 amide bonds. The Morgan fingerprint density at radius 3 is 0.754 bits per heavy atom. The first-order valence-electron chi connectivity index (χ1n) is 45.5. The Morgan fingerprint density at radius 2 is 0.410 bits per heavy atom. The van der Waals surface area contributed by atoms with Gasteiger partial charge in [0.1, 0.15) is 34.0 Å². The van der Waals surface area contributed by atoms with Gasteiger partial charge >= 0.3 is 0 Å². The van der Waals surface area contributed by atoms with Crippen molar-refractivity contribution < 1.29 is 14.2 Å². The first-order chi connectivity index (χ1) is 66.5. The molecule has 624 valence electrons. The van der Waals surface area contributed by atoms with Gasteiger partial charge in [-0.05, 0) is 232 Å². The van der Waals surface area contributed by atoms with Crippen LogP contribution in [0.3, 0.4) is 0 Å². The SMILES string of the molecule is c1ccc(-c2c3ccccc3c(-c3ccc4c(c3)Oc3cccc5nc(-c6ccccc6)n-4c35)c3ccccc23)cc1.c1ccc(-c2nc3cccc4c3n2-c2ccc(-c3c5ccccc5c(-c5ccc6ccccc6c5)c5ccccc35)cc2O4)cc1.c1ccc(-c2nc3cccc4c3n2-c2ccc(-c3c5ccccc5c(-c5cccc6ccccc56)c5ccccc35)cc2O4)cc1. The maximum absolute atomic E-state index is 6.67. The molecule has 0 atom stereocenters. The van der Waals surface area contributed by atoms with E-state index in [-0.39, 0.29) is 0 Å². The highest BCUT2D eigenvalue weighted by Gasteiger charge is 2.32. The Morgan fingerprint density at radius 1 is 0.157 bits per heavy atom. The number of ether oxygens (including phenoxy) is 3. The van der Waals surface area contributed by atoms with Crippen LogP contribution in [0.15, 0.2) is 461 Å². The summed E-state index contributed by atoms with van der Waals surface area (Å²) in [7, 11) is 0. The van der Waals surface area contributed by atoms with Gasteiger partial charge in [-0.25, -0.2) is 15.0 Å². The van der Waals surface area contributed by atoms with Crippen LogP contribution in [0.25, 0.3) is 237 Å². The molecule has 0 saturated carbocycles. The lowest BCUT2D eigenvalue weighted by molar-refractivity contribution is 0.476. The summed E-state index contributed by atoms with van der Waals surface area (Å²) in [5, 5.41) is 19.7. The molecule has 9 heteroatoms. The van der Waals surface area contributed by atoms with E-state index in [0.717, 1.165) is 136 Å². The molecule has 0 radical (unpaired) electrons. The van der Waals surface area contributed by atoms with Crippen molar-refractivity contribution >= 4 is 119 Å². The standard InChI is InChI=1S/2C43H26N2O.C39H24N2O/c1-2-13-28(14-3-1)43-44-36-22-11-23-38-42(36)45(43)37-25-24-29(26-39(37)46-38)40-32-17-6-8-19-34(32)41(35-20-9-7-18-33(35)40)31-21-10-15-27-12-4-5-16-30(27)31;1-2-12-28(13-3-1)43-44-36-19-10-20-38-42(36)45(43)37-24-23-31(26-39(37)46-38)41-34-17-8-6-15-32(34)40(33-16-7-9-18-35(33)41)30-22-21-27-11-4-5-14-29(27)25-30;1-3-12-25(13-4-1)36-28-16-7-9-18-30(28)37(31-19-10-8-17-29(31)36)27-22-23-33-35(24-27)42-34-21-11-20-32-38(34)41(33)39(40-32)26-14-5-2-6-15-26/h2*1-26H;1-24H. The second kappa shape index (κ2) is 30.9. The fourth-order valence-electron chi connectivity index (χ4n) is 21.4. The first kappa shape index (κ1) is 76.0. The number of rotatable bonds is 9. The van der Waals surface area contributed by atoms with Crippen LogP contribution in [-0.4, -0.2) is 28.7 Å². The van der Waals surface area contributed by atoms with Crippen molar-refractivity contribution in [3.8, 4) is 152 Å². The molecular formula is C125H76N6O3. The van der Waals surface area contributed by atoms with Gasteiger partial charge < -0.3 is 14.2 Å². The molecule has 0 aliphatic carbocycles. The Labute approximate surface area is 770 Å². The number of fused-ring (bicyclic) bond motifs is 14. The summed E-state index contributed by atoms with van der Waals surface area (Å²) in [5.41, 5.74) is 26.4. The summed E-state index contributed by atoms with van der Waals surface area (Å²) in [4.78, 5) is 15.2. The maximum atomic E-state index is 6.67. The van der Waals surface area contributed by atoms with E-state index in [4.69, 9.17) is 29.2 Å². The molecule has 0 bridgehead atoms. The second-order valence-electron chi connectivity index (χ2n) is 34.6. The Balaban J connectivity index is 0.000000102. The van der Waals surface area contributed by atoms with Gasteiger partial charge in [0.2, 0.25) is 0 Å². The molecule has 29 rings (SSSR count). The quantitative estimate of drug-likeness (QED) is 0.134. The van der Waals surface area contributed by atoms with Crippen molar-refractivity contribution in [2.24, 2.45) is 0 Å². The highest BCUT2D eigenvalue weighted by molar-refractivity contribution is 6.26. The minimum Gasteiger partial charge on any atom is -0.453 e. The lowest BCUT2D eigenvalue weighted by Gasteiger charge is -2.23. The molecular weight excluding hydrogens is 1630 g/mol. The van der Waals surface area contributed by atoms with E-state index in [1.54, 1.807) is 0 Å². The molecule has 26 aromatic rings. The lowest BCUT2D eigenvalue weighted by Crippen LogP contribution is -2.06. The zero-order valence-electron chi connectivity index (χ0n) is 72.3. The molecule has 3 aliphatic heterocycles. The van der Waals surface area contributed by atoms with Crippen molar-refractivity contribution in [1.29, 1.82) is 0 Å². The van der Waals surface area contributed by atoms with Crippen LogP contribution < -0.4 is 14.2 Å². The maximum Gasteiger partial charge on any atom is 0.153 e. The van der Waals surface area contributed by atoms with Crippen molar-refractivity contribution in [2.75, 3.05) is 0 Å². The second-order valence-corrected chi connectivity index (χ2v) is 34.6. The van der Waals surface area contributed by atoms with Crippen LogP contribution >= 0.6 is 0 Å². The van der Waals surface area contributed by atoms with Gasteiger partial charge in [0.25, 0.3) is 0 Å². The topological polar surface area (TPSA) is 81.1 Å². The van der Waals surface area contributed by atoms with Crippen molar-refractivity contribution in [2.45, 2.75) is 0 Å². The molecule has 0 fully saturated rings. The van der Waals surface area contributed by atoms with Gasteiger partial charge in [-0.2, -0.15) is 0 Å². The smallest absolute Gasteiger partial charge is 0.153 e. The molecule has 3 aliphatic rings. The van der Waals surface area contributed by atoms with Crippen LogP contribution in [0.2, 0.25) is 0 Å². The van der Waals surface area contributed by atoms with Crippen LogP contribution in [0.1, 0.15) is 0 Å². The molecule has 3 aromatic heterocycles. The number of hydrogen-bond donors (Lipinski definition) is 0. The molecule has 0 spiro atoms. The zero-order valence-corrected chi connectivity index (χ0v) is 72.3. The van der Waals surface area contributed by atoms with Gasteiger partial charge in [-0.15, -0.1) is 0 Å². The van der Waals surface area contributed by atoms with Gasteiger partial charge in [0.05, 0.1) is 33.6 Å². The number of benzene rings is 23. The fourth-order valence-corrected chi connectivity index (χ4v) is 21.4. The normalized spacial score (nSPS) is 12.1. The first-order valence-corrected chi connectivity index (χ1v) is 45.5. The number of imidazole rings is 3. The van der Waals surface area contributed by atoms with E-state index >= 15 is 0 Å². The Bertz CT molecular complexity index is 9180. The molecule has 0 unspecified atom stereocenters. The van der Waals surface area contributed by atoms with Gasteiger partial charge in [0, 0.05) is 16.7 Å². The summed E-state index contributed by atoms with van der Waals surface area (Å²) in [6, 6.07) is 163. The number of hydrogen-bond acceptors (Lipinski definition) is 6. The van der Waals surface area contributed by atoms with E-state index in [0.29, 0.717) is 0 Å². The average molecular weight is 1710 g/mol. The van der Waals surface area contributed by atoms with E-state index in [9.17, 15) is 0 Å². The van der Waals surface area contributed by atoms with E-state index in [1.807, 2.05) is 54.6 Å². The monoisotopic (exact) mass is 1710 g/mol. The summed E-state index contributed by atoms with van der Waals surface area (Å²) in [5.74, 6) is 7.66. The highest BCUT2D eigenvalue weighted by Crippen LogP contribution is 2.55. The minimum atomic E-state index is 0.817. The molecule has 134 heavy (non-hydrogen) atoms. The summed E-state index contributed by atoms with van der Waals surface area (Å²) < 4.78 is 26.7. The highest BCUT2D eigenvalue weighted by atomic mass is 16.5. The van der Waals surface area contributed by atoms with Crippen LogP contribution in [0.4, 0.5) is 0 Å². The minimum absolute atomic E-state index is 0.817. The van der Waals surface area contributed by atoms with Crippen molar-refractivity contribution in [1.82, 2.24) is 28.7 Å². The van der Waals surface area contributed by atoms with Crippen molar-refractivity contribution in [3.63, 3.8) is 0 Å². The number of aromatic nitrogens is 6. The summed E-state index contributed by atoms with van der Waals surface area (Å²) >= 11 is 0. The molecule has 9 nitrogen and oxygen atoms in total. The van der Waals surface area contributed by atoms with E-state index in [1.165, 1.54) is 136 Å². The Kier molecular flexibility index (Phi) is 17.5. The summed E-state index contributed by atoms with van der Waals surface area (Å²) in [6.45, 7) is 0. The molecule has 6 heterocycles. The van der Waals surface area contributed by atoms with Gasteiger partial charge in [-0.3, -0.25) is 13.7 Å². The van der Waals surface area contributed by atoms with Crippen LogP contribution in [0, 0.1) is 0 Å².